The zero-order valence-electron chi connectivity index (χ0n) is 14.1. The molecule has 2 nitrogen and oxygen atoms in total. The molecule has 0 fully saturated rings. The van der Waals surface area contributed by atoms with Crippen LogP contribution < -0.4 is 9.88 Å². The number of anilines is 2. The molecule has 1 heterocycles. The molecule has 1 N–H and O–H groups in total. The molecule has 0 radical (unpaired) electrons. The summed E-state index contributed by atoms with van der Waals surface area (Å²) < 4.78 is 79.7. The average Bonchev–Trinajstić information content (AvgIpc) is 2.94. The Kier molecular flexibility index (Phi) is 5.33. The molecule has 0 bridgehead atoms. The number of thiazole rings is 1. The van der Waals surface area contributed by atoms with Crippen LogP contribution in [0.15, 0.2) is 47.8 Å². The van der Waals surface area contributed by atoms with Crippen LogP contribution in [0.25, 0.3) is 11.3 Å². The Hall–Kier alpha value is -2.26. The van der Waals surface area contributed by atoms with Crippen molar-refractivity contribution in [2.45, 2.75) is 12.4 Å². The van der Waals surface area contributed by atoms with Gasteiger partial charge in [-0.2, -0.15) is 26.3 Å². The molecular formula is C18H12ClF6N2S+. The van der Waals surface area contributed by atoms with Gasteiger partial charge in [-0.3, -0.25) is 0 Å². The molecule has 0 aliphatic carbocycles. The van der Waals surface area contributed by atoms with Gasteiger partial charge in [0.05, 0.1) is 23.2 Å². The summed E-state index contributed by atoms with van der Waals surface area (Å²) in [5.74, 6) is 0. The normalized spacial score (nSPS) is 12.3. The van der Waals surface area contributed by atoms with Crippen molar-refractivity contribution in [1.82, 2.24) is 0 Å². The third-order valence-electron chi connectivity index (χ3n) is 3.94. The molecule has 10 heteroatoms. The van der Waals surface area contributed by atoms with Gasteiger partial charge in [-0.05, 0) is 30.3 Å². The van der Waals surface area contributed by atoms with Crippen LogP contribution in [0, 0.1) is 0 Å². The molecule has 0 saturated heterocycles. The highest BCUT2D eigenvalue weighted by Crippen LogP contribution is 2.38. The first-order valence-electron chi connectivity index (χ1n) is 7.76. The van der Waals surface area contributed by atoms with Crippen molar-refractivity contribution in [2.24, 2.45) is 7.05 Å². The molecule has 0 atom stereocenters. The van der Waals surface area contributed by atoms with E-state index in [2.05, 4.69) is 5.32 Å². The first-order chi connectivity index (χ1) is 13.0. The van der Waals surface area contributed by atoms with Crippen molar-refractivity contribution < 1.29 is 30.9 Å². The number of alkyl halides is 6. The van der Waals surface area contributed by atoms with Crippen LogP contribution in [0.5, 0.6) is 0 Å². The Balaban J connectivity index is 2.02. The highest BCUT2D eigenvalue weighted by molar-refractivity contribution is 7.13. The second-order valence-electron chi connectivity index (χ2n) is 5.88. The molecule has 148 valence electrons. The van der Waals surface area contributed by atoms with Gasteiger partial charge in [-0.15, -0.1) is 0 Å². The van der Waals surface area contributed by atoms with Crippen LogP contribution in [0.2, 0.25) is 5.02 Å². The molecule has 0 saturated carbocycles. The monoisotopic (exact) mass is 437 g/mol. The van der Waals surface area contributed by atoms with Crippen LogP contribution in [-0.2, 0) is 19.4 Å². The predicted octanol–water partition coefficient (Wildman–Crippen LogP) is 6.67. The van der Waals surface area contributed by atoms with Gasteiger partial charge in [0.2, 0.25) is 0 Å². The molecule has 0 spiro atoms. The average molecular weight is 438 g/mol. The molecule has 28 heavy (non-hydrogen) atoms. The Morgan fingerprint density at radius 2 is 1.50 bits per heavy atom. The van der Waals surface area contributed by atoms with Gasteiger partial charge in [-0.1, -0.05) is 35.1 Å². The SMILES string of the molecule is C[n+]1c(-c2ccccc2Cl)csc1Nc1cc(C(F)(F)F)cc(C(F)(F)F)c1. The predicted molar refractivity (Wildman–Crippen MR) is 95.7 cm³/mol. The van der Waals surface area contributed by atoms with E-state index in [-0.39, 0.29) is 11.8 Å². The third-order valence-corrected chi connectivity index (χ3v) is 5.21. The number of halogens is 7. The van der Waals surface area contributed by atoms with Crippen molar-refractivity contribution >= 4 is 33.8 Å². The van der Waals surface area contributed by atoms with Gasteiger partial charge < -0.3 is 0 Å². The first-order valence-corrected chi connectivity index (χ1v) is 9.01. The second kappa shape index (κ2) is 7.29. The number of nitrogens with zero attached hydrogens (tertiary/aromatic N) is 1. The van der Waals surface area contributed by atoms with Crippen molar-refractivity contribution in [1.29, 1.82) is 0 Å². The minimum absolute atomic E-state index is 0.0920. The fourth-order valence-electron chi connectivity index (χ4n) is 2.56. The topological polar surface area (TPSA) is 15.9 Å². The van der Waals surface area contributed by atoms with E-state index in [9.17, 15) is 26.3 Å². The molecule has 0 amide bonds. The highest BCUT2D eigenvalue weighted by atomic mass is 35.5. The Morgan fingerprint density at radius 1 is 0.929 bits per heavy atom. The van der Waals surface area contributed by atoms with E-state index in [0.29, 0.717) is 33.5 Å². The van der Waals surface area contributed by atoms with Crippen LogP contribution in [0.1, 0.15) is 11.1 Å². The summed E-state index contributed by atoms with van der Waals surface area (Å²) >= 11 is 7.29. The fourth-order valence-corrected chi connectivity index (χ4v) is 3.73. The maximum absolute atomic E-state index is 13.0. The van der Waals surface area contributed by atoms with Crippen LogP contribution >= 0.6 is 22.9 Å². The first kappa shape index (κ1) is 20.5. The number of aromatic nitrogens is 1. The van der Waals surface area contributed by atoms with Crippen LogP contribution in [0.4, 0.5) is 37.2 Å². The zero-order chi connectivity index (χ0) is 20.7. The minimum Gasteiger partial charge on any atom is -0.231 e. The zero-order valence-corrected chi connectivity index (χ0v) is 15.7. The molecule has 2 aromatic carbocycles. The summed E-state index contributed by atoms with van der Waals surface area (Å²) in [5, 5.41) is 5.18. The quantitative estimate of drug-likeness (QED) is 0.357. The van der Waals surface area contributed by atoms with Crippen molar-refractivity contribution in [3.63, 3.8) is 0 Å². The summed E-state index contributed by atoms with van der Waals surface area (Å²) in [4.78, 5) is 0. The Labute approximate surface area is 165 Å². The van der Waals surface area contributed by atoms with E-state index in [1.54, 1.807) is 41.3 Å². The van der Waals surface area contributed by atoms with Crippen LogP contribution in [-0.4, -0.2) is 0 Å². The maximum atomic E-state index is 13.0. The minimum atomic E-state index is -4.90. The van der Waals surface area contributed by atoms with Gasteiger partial charge >= 0.3 is 17.5 Å². The molecule has 0 aliphatic heterocycles. The second-order valence-corrected chi connectivity index (χ2v) is 7.15. The standard InChI is InChI=1S/C18H11ClF6N2S/c1-27-15(13-4-2-3-5-14(13)19)9-28-16(27)26-12-7-10(17(20,21)22)6-11(8-12)18(23,24)25/h2-9H,1H3/p+1. The van der Waals surface area contributed by atoms with E-state index < -0.39 is 23.5 Å². The number of nitrogens with one attached hydrogen (secondary N) is 1. The van der Waals surface area contributed by atoms with Crippen molar-refractivity contribution in [3.05, 3.63) is 64.0 Å². The van der Waals surface area contributed by atoms with E-state index in [1.807, 2.05) is 0 Å². The van der Waals surface area contributed by atoms with Crippen molar-refractivity contribution in [2.75, 3.05) is 5.32 Å². The lowest BCUT2D eigenvalue weighted by Gasteiger charge is -2.12. The van der Waals surface area contributed by atoms with Gasteiger partial charge in [0.25, 0.3) is 0 Å². The fraction of sp³-hybridized carbons (Fsp3) is 0.167. The van der Waals surface area contributed by atoms with Crippen molar-refractivity contribution in [3.8, 4) is 11.3 Å². The van der Waals surface area contributed by atoms with Gasteiger partial charge in [0.15, 0.2) is 0 Å². The Bertz CT molecular complexity index is 978. The number of rotatable bonds is 3. The summed E-state index contributed by atoms with van der Waals surface area (Å²) in [6, 6.07) is 8.35. The molecular weight excluding hydrogens is 426 g/mol. The van der Waals surface area contributed by atoms with Gasteiger partial charge in [-0.25, -0.2) is 9.88 Å². The van der Waals surface area contributed by atoms with Gasteiger partial charge in [0.1, 0.15) is 11.4 Å². The lowest BCUT2D eigenvalue weighted by atomic mass is 10.1. The molecule has 3 rings (SSSR count). The smallest absolute Gasteiger partial charge is 0.231 e. The lowest BCUT2D eigenvalue weighted by molar-refractivity contribution is -0.641. The summed E-state index contributed by atoms with van der Waals surface area (Å²) in [7, 11) is 1.63. The van der Waals surface area contributed by atoms with E-state index in [4.69, 9.17) is 11.6 Å². The molecule has 0 aliphatic rings. The Morgan fingerprint density at radius 3 is 2.04 bits per heavy atom. The summed E-state index contributed by atoms with van der Waals surface area (Å²) in [6.07, 6.45) is -9.81. The number of hydrogen-bond acceptors (Lipinski definition) is 2. The maximum Gasteiger partial charge on any atom is 0.416 e. The third kappa shape index (κ3) is 4.25. The molecule has 0 unspecified atom stereocenters. The summed E-state index contributed by atoms with van der Waals surface area (Å²) in [6.45, 7) is 0. The largest absolute Gasteiger partial charge is 0.416 e. The molecule has 3 aromatic rings. The van der Waals surface area contributed by atoms with E-state index in [0.717, 1.165) is 11.3 Å². The highest BCUT2D eigenvalue weighted by Gasteiger charge is 2.37. The number of benzene rings is 2. The van der Waals surface area contributed by atoms with Gasteiger partial charge in [0, 0.05) is 10.9 Å². The lowest BCUT2D eigenvalue weighted by Crippen LogP contribution is -2.31. The van der Waals surface area contributed by atoms with E-state index in [1.165, 1.54) is 0 Å². The molecule has 1 aromatic heterocycles. The summed E-state index contributed by atoms with van der Waals surface area (Å²) in [5.41, 5.74) is -1.71. The van der Waals surface area contributed by atoms with E-state index >= 15 is 0 Å². The van der Waals surface area contributed by atoms with Crippen LogP contribution in [0.3, 0.4) is 0 Å². The number of hydrogen-bond donors (Lipinski definition) is 1.